The van der Waals surface area contributed by atoms with Gasteiger partial charge in [0.2, 0.25) is 5.76 Å². The van der Waals surface area contributed by atoms with Crippen LogP contribution in [0, 0.1) is 17.0 Å². The van der Waals surface area contributed by atoms with Crippen molar-refractivity contribution in [3.8, 4) is 5.75 Å². The fourth-order valence-electron chi connectivity index (χ4n) is 1.81. The molecular formula is C14H13NO6. The van der Waals surface area contributed by atoms with Crippen molar-refractivity contribution >= 4 is 11.7 Å². The number of nitro benzene ring substituents is 1. The number of non-ortho nitro benzene ring substituents is 1. The molecular weight excluding hydrogens is 278 g/mol. The average Bonchev–Trinajstić information content (AvgIpc) is 2.90. The highest BCUT2D eigenvalue weighted by atomic mass is 16.6. The standard InChI is InChI=1S/C14H13NO6/c1-8-7-10(15(18)19)3-4-11(8)20-9(2)12-5-6-13(21-12)14(16)17/h3-7,9H,1-2H3,(H,16,17). The molecule has 1 N–H and O–H groups in total. The molecule has 0 fully saturated rings. The summed E-state index contributed by atoms with van der Waals surface area (Å²) < 4.78 is 10.8. The molecule has 110 valence electrons. The van der Waals surface area contributed by atoms with Gasteiger partial charge < -0.3 is 14.3 Å². The van der Waals surface area contributed by atoms with Crippen LogP contribution in [-0.2, 0) is 0 Å². The van der Waals surface area contributed by atoms with Crippen molar-refractivity contribution in [1.82, 2.24) is 0 Å². The molecule has 1 aromatic carbocycles. The van der Waals surface area contributed by atoms with Gasteiger partial charge >= 0.3 is 5.97 Å². The smallest absolute Gasteiger partial charge is 0.371 e. The Kier molecular flexibility index (Phi) is 3.93. The zero-order valence-electron chi connectivity index (χ0n) is 11.4. The van der Waals surface area contributed by atoms with E-state index in [2.05, 4.69) is 0 Å². The van der Waals surface area contributed by atoms with Crippen LogP contribution in [0.4, 0.5) is 5.69 Å². The second kappa shape index (κ2) is 5.66. The topological polar surface area (TPSA) is 103 Å². The van der Waals surface area contributed by atoms with Crippen molar-refractivity contribution in [2.24, 2.45) is 0 Å². The van der Waals surface area contributed by atoms with Crippen LogP contribution in [0.5, 0.6) is 5.75 Å². The van der Waals surface area contributed by atoms with E-state index >= 15 is 0 Å². The lowest BCUT2D eigenvalue weighted by atomic mass is 10.2. The van der Waals surface area contributed by atoms with E-state index in [1.54, 1.807) is 13.8 Å². The quantitative estimate of drug-likeness (QED) is 0.669. The second-order valence-corrected chi connectivity index (χ2v) is 4.47. The van der Waals surface area contributed by atoms with Gasteiger partial charge in [-0.05, 0) is 37.6 Å². The van der Waals surface area contributed by atoms with Gasteiger partial charge in [0.25, 0.3) is 5.69 Å². The molecule has 0 amide bonds. The number of benzene rings is 1. The minimum atomic E-state index is -1.15. The summed E-state index contributed by atoms with van der Waals surface area (Å²) >= 11 is 0. The third-order valence-electron chi connectivity index (χ3n) is 2.91. The van der Waals surface area contributed by atoms with Gasteiger partial charge in [-0.2, -0.15) is 0 Å². The Labute approximate surface area is 119 Å². The van der Waals surface area contributed by atoms with Crippen LogP contribution in [0.1, 0.15) is 34.9 Å². The van der Waals surface area contributed by atoms with E-state index in [9.17, 15) is 14.9 Å². The van der Waals surface area contributed by atoms with Gasteiger partial charge in [-0.3, -0.25) is 10.1 Å². The molecule has 0 saturated carbocycles. The van der Waals surface area contributed by atoms with Crippen LogP contribution in [0.25, 0.3) is 0 Å². The average molecular weight is 291 g/mol. The molecule has 0 aliphatic heterocycles. The zero-order valence-corrected chi connectivity index (χ0v) is 11.4. The number of hydrogen-bond acceptors (Lipinski definition) is 5. The van der Waals surface area contributed by atoms with Crippen LogP contribution in [0.2, 0.25) is 0 Å². The van der Waals surface area contributed by atoms with Crippen molar-refractivity contribution in [3.05, 3.63) is 57.5 Å². The Morgan fingerprint density at radius 1 is 1.38 bits per heavy atom. The second-order valence-electron chi connectivity index (χ2n) is 4.47. The maximum Gasteiger partial charge on any atom is 0.371 e. The third-order valence-corrected chi connectivity index (χ3v) is 2.91. The molecule has 1 aromatic heterocycles. The maximum absolute atomic E-state index is 10.8. The number of aryl methyl sites for hydroxylation is 1. The first-order chi connectivity index (χ1) is 9.88. The normalized spacial score (nSPS) is 11.9. The van der Waals surface area contributed by atoms with Crippen LogP contribution < -0.4 is 4.74 Å². The van der Waals surface area contributed by atoms with Gasteiger partial charge in [0.05, 0.1) is 4.92 Å². The molecule has 21 heavy (non-hydrogen) atoms. The molecule has 1 unspecified atom stereocenters. The Hall–Kier alpha value is -2.83. The largest absolute Gasteiger partial charge is 0.483 e. The monoisotopic (exact) mass is 291 g/mol. The lowest BCUT2D eigenvalue weighted by Crippen LogP contribution is -2.03. The number of nitro groups is 1. The lowest BCUT2D eigenvalue weighted by molar-refractivity contribution is -0.384. The highest BCUT2D eigenvalue weighted by Gasteiger charge is 2.17. The highest BCUT2D eigenvalue weighted by Crippen LogP contribution is 2.28. The Morgan fingerprint density at radius 2 is 2.10 bits per heavy atom. The van der Waals surface area contributed by atoms with Gasteiger partial charge in [0.15, 0.2) is 6.10 Å². The fraction of sp³-hybridized carbons (Fsp3) is 0.214. The minimum absolute atomic E-state index is 0.0151. The van der Waals surface area contributed by atoms with Gasteiger partial charge in [-0.1, -0.05) is 0 Å². The van der Waals surface area contributed by atoms with E-state index in [1.165, 1.54) is 30.3 Å². The molecule has 0 bridgehead atoms. The van der Waals surface area contributed by atoms with E-state index in [1.807, 2.05) is 0 Å². The fourth-order valence-corrected chi connectivity index (χ4v) is 1.81. The van der Waals surface area contributed by atoms with Crippen molar-refractivity contribution in [3.63, 3.8) is 0 Å². The summed E-state index contributed by atoms with van der Waals surface area (Å²) in [6, 6.07) is 7.13. The molecule has 0 aliphatic rings. The van der Waals surface area contributed by atoms with Gasteiger partial charge in [-0.15, -0.1) is 0 Å². The van der Waals surface area contributed by atoms with E-state index in [0.717, 1.165) is 0 Å². The first kappa shape index (κ1) is 14.6. The number of ether oxygens (including phenoxy) is 1. The summed E-state index contributed by atoms with van der Waals surface area (Å²) in [5.74, 6) is -0.479. The number of carboxylic acids is 1. The maximum atomic E-state index is 10.8. The number of carboxylic acid groups (broad SMARTS) is 1. The molecule has 0 saturated heterocycles. The Morgan fingerprint density at radius 3 is 2.62 bits per heavy atom. The predicted molar refractivity (Wildman–Crippen MR) is 72.5 cm³/mol. The van der Waals surface area contributed by atoms with Crippen molar-refractivity contribution in [2.45, 2.75) is 20.0 Å². The number of carbonyl (C=O) groups is 1. The van der Waals surface area contributed by atoms with E-state index < -0.39 is 17.0 Å². The zero-order chi connectivity index (χ0) is 15.6. The molecule has 2 aromatic rings. The SMILES string of the molecule is Cc1cc([N+](=O)[O-])ccc1OC(C)c1ccc(C(=O)O)o1. The van der Waals surface area contributed by atoms with E-state index in [-0.39, 0.29) is 11.4 Å². The van der Waals surface area contributed by atoms with Crippen LogP contribution in [0.3, 0.4) is 0 Å². The molecule has 0 spiro atoms. The number of aromatic carboxylic acids is 1. The summed E-state index contributed by atoms with van der Waals surface area (Å²) in [4.78, 5) is 20.9. The van der Waals surface area contributed by atoms with Crippen LogP contribution >= 0.6 is 0 Å². The minimum Gasteiger partial charge on any atom is -0.483 e. The van der Waals surface area contributed by atoms with Crippen molar-refractivity contribution in [2.75, 3.05) is 0 Å². The van der Waals surface area contributed by atoms with Crippen molar-refractivity contribution < 1.29 is 24.0 Å². The molecule has 0 radical (unpaired) electrons. The van der Waals surface area contributed by atoms with Crippen molar-refractivity contribution in [1.29, 1.82) is 0 Å². The first-order valence-corrected chi connectivity index (χ1v) is 6.13. The van der Waals surface area contributed by atoms with Gasteiger partial charge in [0.1, 0.15) is 11.5 Å². The summed E-state index contributed by atoms with van der Waals surface area (Å²) in [6.45, 7) is 3.39. The first-order valence-electron chi connectivity index (χ1n) is 6.13. The molecule has 7 nitrogen and oxygen atoms in total. The van der Waals surface area contributed by atoms with E-state index in [0.29, 0.717) is 17.1 Å². The van der Waals surface area contributed by atoms with Gasteiger partial charge in [-0.25, -0.2) is 4.79 Å². The Balaban J connectivity index is 2.17. The van der Waals surface area contributed by atoms with Crippen LogP contribution in [0.15, 0.2) is 34.7 Å². The van der Waals surface area contributed by atoms with Crippen LogP contribution in [-0.4, -0.2) is 16.0 Å². The summed E-state index contributed by atoms with van der Waals surface area (Å²) in [5.41, 5.74) is 0.597. The summed E-state index contributed by atoms with van der Waals surface area (Å²) in [6.07, 6.45) is -0.516. The number of furan rings is 1. The molecule has 0 aliphatic carbocycles. The predicted octanol–water partition coefficient (Wildman–Crippen LogP) is 3.33. The number of hydrogen-bond donors (Lipinski definition) is 1. The Bertz CT molecular complexity index is 691. The number of nitrogens with zero attached hydrogens (tertiary/aromatic N) is 1. The summed E-state index contributed by atoms with van der Waals surface area (Å²) in [5, 5.41) is 19.5. The summed E-state index contributed by atoms with van der Waals surface area (Å²) in [7, 11) is 0. The van der Waals surface area contributed by atoms with Gasteiger partial charge in [0, 0.05) is 12.1 Å². The van der Waals surface area contributed by atoms with E-state index in [4.69, 9.17) is 14.3 Å². The third kappa shape index (κ3) is 3.19. The number of rotatable bonds is 5. The highest BCUT2D eigenvalue weighted by molar-refractivity contribution is 5.84. The molecule has 1 atom stereocenters. The molecule has 1 heterocycles. The molecule has 2 rings (SSSR count). The lowest BCUT2D eigenvalue weighted by Gasteiger charge is -2.14. The molecule has 7 heteroatoms.